The van der Waals surface area contributed by atoms with Crippen LogP contribution in [0.25, 0.3) is 0 Å². The zero-order valence-corrected chi connectivity index (χ0v) is 20.8. The predicted octanol–water partition coefficient (Wildman–Crippen LogP) is 3.29. The Labute approximate surface area is 201 Å². The minimum absolute atomic E-state index is 0.155. The number of rotatable bonds is 11. The van der Waals surface area contributed by atoms with Crippen LogP contribution in [-0.4, -0.2) is 54.6 Å². The molecule has 1 atom stereocenters. The van der Waals surface area contributed by atoms with Crippen molar-refractivity contribution in [3.63, 3.8) is 0 Å². The van der Waals surface area contributed by atoms with Gasteiger partial charge in [0.25, 0.3) is 0 Å². The second kappa shape index (κ2) is 11.3. The summed E-state index contributed by atoms with van der Waals surface area (Å²) in [6.07, 6.45) is 2.37. The van der Waals surface area contributed by atoms with Crippen LogP contribution < -0.4 is 28.6 Å². The Bertz CT molecular complexity index is 1100. The van der Waals surface area contributed by atoms with Gasteiger partial charge in [0.1, 0.15) is 13.2 Å². The van der Waals surface area contributed by atoms with Gasteiger partial charge in [0.05, 0.1) is 32.2 Å². The first-order valence-electron chi connectivity index (χ1n) is 11.2. The first kappa shape index (κ1) is 25.5. The smallest absolute Gasteiger partial charge is 0.232 e. The van der Waals surface area contributed by atoms with Gasteiger partial charge in [0, 0.05) is 19.0 Å². The molecule has 1 aliphatic rings. The molecule has 0 bridgehead atoms. The molecule has 0 aromatic heterocycles. The number of methoxy groups -OCH3 is 2. The lowest BCUT2D eigenvalue weighted by molar-refractivity contribution is -0.121. The Morgan fingerprint density at radius 1 is 1.06 bits per heavy atom. The van der Waals surface area contributed by atoms with Crippen molar-refractivity contribution in [3.8, 4) is 23.0 Å². The van der Waals surface area contributed by atoms with Crippen LogP contribution in [0.15, 0.2) is 36.4 Å². The van der Waals surface area contributed by atoms with E-state index in [1.807, 2.05) is 19.1 Å². The fourth-order valence-corrected chi connectivity index (χ4v) is 4.77. The molecular formula is C24H32N2O7S. The molecule has 1 aliphatic heterocycles. The molecule has 0 radical (unpaired) electrons. The summed E-state index contributed by atoms with van der Waals surface area (Å²) in [5, 5.41) is 3.03. The number of amides is 1. The summed E-state index contributed by atoms with van der Waals surface area (Å²) in [6, 6.07) is 10.4. The number of carbonyl (C=O) groups excluding carboxylic acids is 1. The van der Waals surface area contributed by atoms with Crippen molar-refractivity contribution in [2.45, 2.75) is 32.2 Å². The third kappa shape index (κ3) is 6.25. The number of hydrogen-bond acceptors (Lipinski definition) is 7. The predicted molar refractivity (Wildman–Crippen MR) is 130 cm³/mol. The lowest BCUT2D eigenvalue weighted by Crippen LogP contribution is -2.33. The maximum absolute atomic E-state index is 12.7. The lowest BCUT2D eigenvalue weighted by Gasteiger charge is -2.25. The number of ether oxygens (including phenoxy) is 4. The van der Waals surface area contributed by atoms with E-state index in [4.69, 9.17) is 18.9 Å². The topological polar surface area (TPSA) is 103 Å². The van der Waals surface area contributed by atoms with E-state index in [9.17, 15) is 13.2 Å². The van der Waals surface area contributed by atoms with E-state index >= 15 is 0 Å². The molecule has 1 N–H and O–H groups in total. The van der Waals surface area contributed by atoms with Crippen LogP contribution in [0.5, 0.6) is 23.0 Å². The fraction of sp³-hybridized carbons (Fsp3) is 0.458. The number of carbonyl (C=O) groups is 1. The fourth-order valence-electron chi connectivity index (χ4n) is 3.81. The summed E-state index contributed by atoms with van der Waals surface area (Å²) in [6.45, 7) is 3.02. The van der Waals surface area contributed by atoms with E-state index in [1.54, 1.807) is 38.5 Å². The van der Waals surface area contributed by atoms with Crippen molar-refractivity contribution in [1.82, 2.24) is 5.32 Å². The quantitative estimate of drug-likeness (QED) is 0.513. The van der Waals surface area contributed by atoms with E-state index in [0.717, 1.165) is 11.8 Å². The Hall–Kier alpha value is -3.14. The highest BCUT2D eigenvalue weighted by atomic mass is 32.2. The molecule has 1 heterocycles. The van der Waals surface area contributed by atoms with Crippen molar-refractivity contribution in [3.05, 3.63) is 42.0 Å². The molecule has 1 amide bonds. The molecular weight excluding hydrogens is 460 g/mol. The van der Waals surface area contributed by atoms with Crippen LogP contribution in [0.3, 0.4) is 0 Å². The van der Waals surface area contributed by atoms with Crippen LogP contribution in [-0.2, 0) is 14.8 Å². The Morgan fingerprint density at radius 2 is 1.76 bits per heavy atom. The van der Waals surface area contributed by atoms with Gasteiger partial charge in [-0.05, 0) is 42.7 Å². The zero-order chi connectivity index (χ0) is 24.7. The van der Waals surface area contributed by atoms with Crippen molar-refractivity contribution in [1.29, 1.82) is 0 Å². The summed E-state index contributed by atoms with van der Waals surface area (Å²) < 4.78 is 47.9. The minimum atomic E-state index is -3.55. The van der Waals surface area contributed by atoms with Gasteiger partial charge in [-0.2, -0.15) is 0 Å². The molecule has 0 fully saturated rings. The molecule has 3 rings (SSSR count). The minimum Gasteiger partial charge on any atom is -0.493 e. The molecule has 9 nitrogen and oxygen atoms in total. The number of anilines is 1. The average Bonchev–Trinajstić information content (AvgIpc) is 2.83. The third-order valence-corrected chi connectivity index (χ3v) is 6.73. The van der Waals surface area contributed by atoms with Crippen LogP contribution in [0.1, 0.15) is 37.8 Å². The maximum Gasteiger partial charge on any atom is 0.232 e. The normalized spacial score (nSPS) is 13.6. The number of fused-ring (bicyclic) bond motifs is 1. The SMILES string of the molecule is CC[C@H](NC(=O)CCCN(c1ccc2c(c1)OCCO2)S(C)(=O)=O)c1ccc(OC)c(OC)c1. The molecule has 186 valence electrons. The van der Waals surface area contributed by atoms with Gasteiger partial charge < -0.3 is 24.3 Å². The summed E-state index contributed by atoms with van der Waals surface area (Å²) >= 11 is 0. The molecule has 34 heavy (non-hydrogen) atoms. The molecule has 0 spiro atoms. The third-order valence-electron chi connectivity index (χ3n) is 5.53. The molecule has 0 unspecified atom stereocenters. The van der Waals surface area contributed by atoms with Gasteiger partial charge in [-0.1, -0.05) is 13.0 Å². The second-order valence-corrected chi connectivity index (χ2v) is 9.82. The van der Waals surface area contributed by atoms with Gasteiger partial charge in [0.15, 0.2) is 23.0 Å². The standard InChI is InChI=1S/C24H32N2O7S/c1-5-19(17-8-10-20(30-2)22(15-17)31-3)25-24(27)7-6-12-26(34(4,28)29)18-9-11-21-23(16-18)33-14-13-32-21/h8-11,15-16,19H,5-7,12-14H2,1-4H3,(H,25,27)/t19-/m0/s1. The summed E-state index contributed by atoms with van der Waals surface area (Å²) in [7, 11) is -0.411. The van der Waals surface area contributed by atoms with Crippen LogP contribution >= 0.6 is 0 Å². The number of sulfonamides is 1. The van der Waals surface area contributed by atoms with Gasteiger partial charge in [0.2, 0.25) is 15.9 Å². The van der Waals surface area contributed by atoms with Gasteiger partial charge in [-0.25, -0.2) is 8.42 Å². The van der Waals surface area contributed by atoms with E-state index in [1.165, 1.54) is 4.31 Å². The highest BCUT2D eigenvalue weighted by Crippen LogP contribution is 2.35. The molecule has 2 aromatic rings. The molecule has 0 aliphatic carbocycles. The van der Waals surface area contributed by atoms with Crippen LogP contribution in [0.4, 0.5) is 5.69 Å². The zero-order valence-electron chi connectivity index (χ0n) is 20.0. The van der Waals surface area contributed by atoms with Crippen molar-refractivity contribution in [2.75, 3.05) is 44.5 Å². The second-order valence-electron chi connectivity index (χ2n) is 7.91. The lowest BCUT2D eigenvalue weighted by atomic mass is 10.0. The Balaban J connectivity index is 1.62. The van der Waals surface area contributed by atoms with Gasteiger partial charge in [-0.15, -0.1) is 0 Å². The summed E-state index contributed by atoms with van der Waals surface area (Å²) in [4.78, 5) is 12.7. The highest BCUT2D eigenvalue weighted by Gasteiger charge is 2.21. The van der Waals surface area contributed by atoms with Crippen molar-refractivity contribution in [2.24, 2.45) is 0 Å². The number of nitrogens with one attached hydrogen (secondary N) is 1. The summed E-state index contributed by atoms with van der Waals surface area (Å²) in [5.74, 6) is 2.15. The molecule has 0 saturated heterocycles. The number of nitrogens with zero attached hydrogens (tertiary/aromatic N) is 1. The Morgan fingerprint density at radius 3 is 2.41 bits per heavy atom. The number of benzene rings is 2. The summed E-state index contributed by atoms with van der Waals surface area (Å²) in [5.41, 5.74) is 1.38. The van der Waals surface area contributed by atoms with Crippen molar-refractivity contribution >= 4 is 21.6 Å². The van der Waals surface area contributed by atoms with Crippen LogP contribution in [0.2, 0.25) is 0 Å². The van der Waals surface area contributed by atoms with E-state index < -0.39 is 10.0 Å². The van der Waals surface area contributed by atoms with Crippen molar-refractivity contribution < 1.29 is 32.2 Å². The largest absolute Gasteiger partial charge is 0.493 e. The average molecular weight is 493 g/mol. The first-order chi connectivity index (χ1) is 16.3. The van der Waals surface area contributed by atoms with E-state index in [-0.39, 0.29) is 24.9 Å². The molecule has 0 saturated carbocycles. The molecule has 10 heteroatoms. The van der Waals surface area contributed by atoms with E-state index in [0.29, 0.717) is 54.7 Å². The maximum atomic E-state index is 12.7. The Kier molecular flexibility index (Phi) is 8.49. The monoisotopic (exact) mass is 492 g/mol. The molecule has 2 aromatic carbocycles. The number of hydrogen-bond donors (Lipinski definition) is 1. The highest BCUT2D eigenvalue weighted by molar-refractivity contribution is 7.92. The van der Waals surface area contributed by atoms with Gasteiger partial charge >= 0.3 is 0 Å². The first-order valence-corrected chi connectivity index (χ1v) is 13.0. The van der Waals surface area contributed by atoms with Gasteiger partial charge in [-0.3, -0.25) is 9.10 Å². The van der Waals surface area contributed by atoms with E-state index in [2.05, 4.69) is 5.32 Å². The van der Waals surface area contributed by atoms with Crippen LogP contribution in [0, 0.1) is 0 Å².